The highest BCUT2D eigenvalue weighted by atomic mass is 16.5. The van der Waals surface area contributed by atoms with Crippen LogP contribution in [0.25, 0.3) is 0 Å². The van der Waals surface area contributed by atoms with Crippen LogP contribution < -0.4 is 16.0 Å². The van der Waals surface area contributed by atoms with Crippen LogP contribution in [-0.4, -0.2) is 70.7 Å². The fourth-order valence-electron chi connectivity index (χ4n) is 6.08. The fourth-order valence-corrected chi connectivity index (χ4v) is 6.08. The normalized spacial score (nSPS) is 17.1. The number of rotatable bonds is 19. The number of nitrogens with zero attached hydrogens (tertiary/aromatic N) is 1. The Morgan fingerprint density at radius 2 is 1.73 bits per heavy atom. The van der Waals surface area contributed by atoms with E-state index in [1.165, 1.54) is 19.9 Å². The first-order valence-corrected chi connectivity index (χ1v) is 16.4. The first kappa shape index (κ1) is 36.0. The Bertz CT molecular complexity index is 1170. The van der Waals surface area contributed by atoms with Gasteiger partial charge in [0, 0.05) is 38.3 Å². The highest BCUT2D eigenvalue weighted by Gasteiger charge is 2.32. The van der Waals surface area contributed by atoms with Crippen molar-refractivity contribution < 1.29 is 24.2 Å². The minimum absolute atomic E-state index is 0.103. The first-order chi connectivity index (χ1) is 21.7. The SMILES string of the molecule is C=C[C@@H](C[C@H](O)[C@H](CC1CCCCC1)NC(=O)[C@H](Cc1cnc[nH]1)NC(=O)[C@H](Cc1ccccc1)NC(=O)CCOC)C(C)C. The number of amides is 3. The number of aromatic nitrogens is 2. The molecular weight excluding hydrogens is 570 g/mol. The van der Waals surface area contributed by atoms with Gasteiger partial charge in [0.25, 0.3) is 0 Å². The monoisotopic (exact) mass is 623 g/mol. The Morgan fingerprint density at radius 3 is 2.36 bits per heavy atom. The maximum Gasteiger partial charge on any atom is 0.243 e. The summed E-state index contributed by atoms with van der Waals surface area (Å²) in [6, 6.07) is 7.07. The Morgan fingerprint density at radius 1 is 1.04 bits per heavy atom. The Kier molecular flexibility index (Phi) is 15.3. The zero-order chi connectivity index (χ0) is 32.6. The van der Waals surface area contributed by atoms with Crippen molar-refractivity contribution in [2.24, 2.45) is 17.8 Å². The Hall–Kier alpha value is -3.50. The molecule has 3 amide bonds. The zero-order valence-electron chi connectivity index (χ0n) is 27.2. The van der Waals surface area contributed by atoms with Crippen molar-refractivity contribution in [3.63, 3.8) is 0 Å². The van der Waals surface area contributed by atoms with Gasteiger partial charge in [-0.25, -0.2) is 4.98 Å². The number of allylic oxidation sites excluding steroid dienone is 1. The van der Waals surface area contributed by atoms with Gasteiger partial charge in [-0.2, -0.15) is 0 Å². The maximum absolute atomic E-state index is 14.0. The third kappa shape index (κ3) is 12.4. The Labute approximate surface area is 268 Å². The van der Waals surface area contributed by atoms with Crippen LogP contribution in [0.5, 0.6) is 0 Å². The van der Waals surface area contributed by atoms with E-state index in [0.717, 1.165) is 31.2 Å². The maximum atomic E-state index is 14.0. The number of carbonyl (C=O) groups is 3. The predicted octanol–water partition coefficient (Wildman–Crippen LogP) is 3.87. The lowest BCUT2D eigenvalue weighted by atomic mass is 9.81. The van der Waals surface area contributed by atoms with E-state index in [4.69, 9.17) is 4.74 Å². The molecule has 2 aromatic rings. The highest BCUT2D eigenvalue weighted by molar-refractivity contribution is 5.92. The molecule has 1 aromatic carbocycles. The van der Waals surface area contributed by atoms with Crippen LogP contribution in [0.15, 0.2) is 55.5 Å². The number of hydrogen-bond donors (Lipinski definition) is 5. The van der Waals surface area contributed by atoms with Crippen LogP contribution in [0.4, 0.5) is 0 Å². The second-order valence-corrected chi connectivity index (χ2v) is 12.7. The molecule has 248 valence electrons. The minimum atomic E-state index is -0.964. The van der Waals surface area contributed by atoms with Gasteiger partial charge in [-0.15, -0.1) is 6.58 Å². The van der Waals surface area contributed by atoms with Crippen molar-refractivity contribution in [1.29, 1.82) is 0 Å². The topological polar surface area (TPSA) is 145 Å². The van der Waals surface area contributed by atoms with Crippen molar-refractivity contribution >= 4 is 17.7 Å². The molecular formula is C35H53N5O5. The number of aliphatic hydroxyl groups is 1. The first-order valence-electron chi connectivity index (χ1n) is 16.4. The van der Waals surface area contributed by atoms with Crippen LogP contribution in [0.1, 0.15) is 76.5 Å². The standard InChI is InChI=1S/C35H53N5O5/c1-5-27(24(2)3)20-32(41)29(18-25-12-8-6-9-13-25)39-35(44)31(21-28-22-36-23-37-28)40-34(43)30(38-33(42)16-17-45-4)19-26-14-10-7-11-15-26/h5,7,10-11,14-15,22-25,27,29-32,41H,1,6,8-9,12-13,16-21H2,2-4H3,(H,36,37)(H,38,42)(H,39,44)(H,40,43)/t27-,29-,30-,31-,32-/m0/s1. The van der Waals surface area contributed by atoms with E-state index in [1.807, 2.05) is 36.4 Å². The van der Waals surface area contributed by atoms with Gasteiger partial charge in [-0.05, 0) is 36.2 Å². The Balaban J connectivity index is 1.82. The largest absolute Gasteiger partial charge is 0.391 e. The molecule has 5 atom stereocenters. The summed E-state index contributed by atoms with van der Waals surface area (Å²) in [4.78, 5) is 47.5. The molecule has 0 bridgehead atoms. The molecule has 10 nitrogen and oxygen atoms in total. The third-order valence-corrected chi connectivity index (χ3v) is 8.86. The molecule has 0 spiro atoms. The number of aliphatic hydroxyl groups excluding tert-OH is 1. The lowest BCUT2D eigenvalue weighted by molar-refractivity contribution is -0.132. The minimum Gasteiger partial charge on any atom is -0.391 e. The summed E-state index contributed by atoms with van der Waals surface area (Å²) in [5, 5.41) is 20.3. The van der Waals surface area contributed by atoms with Crippen molar-refractivity contribution in [1.82, 2.24) is 25.9 Å². The molecule has 1 aliphatic rings. The van der Waals surface area contributed by atoms with Crippen LogP contribution >= 0.6 is 0 Å². The molecule has 1 aromatic heterocycles. The molecule has 5 N–H and O–H groups in total. The summed E-state index contributed by atoms with van der Waals surface area (Å²) in [6.07, 6.45) is 11.6. The van der Waals surface area contributed by atoms with Gasteiger partial charge in [-0.3, -0.25) is 14.4 Å². The molecule has 0 unspecified atom stereocenters. The second-order valence-electron chi connectivity index (χ2n) is 12.7. The molecule has 1 aliphatic carbocycles. The molecule has 0 radical (unpaired) electrons. The molecule has 45 heavy (non-hydrogen) atoms. The van der Waals surface area contributed by atoms with Crippen LogP contribution in [0.2, 0.25) is 0 Å². The zero-order valence-corrected chi connectivity index (χ0v) is 27.2. The number of ether oxygens (including phenoxy) is 1. The van der Waals surface area contributed by atoms with E-state index in [9.17, 15) is 19.5 Å². The lowest BCUT2D eigenvalue weighted by Gasteiger charge is -2.33. The molecule has 0 saturated heterocycles. The molecule has 0 aliphatic heterocycles. The summed E-state index contributed by atoms with van der Waals surface area (Å²) in [5.41, 5.74) is 1.55. The smallest absolute Gasteiger partial charge is 0.243 e. The van der Waals surface area contributed by atoms with Gasteiger partial charge < -0.3 is 30.8 Å². The summed E-state index contributed by atoms with van der Waals surface area (Å²) in [6.45, 7) is 8.39. The van der Waals surface area contributed by atoms with Crippen molar-refractivity contribution in [2.75, 3.05) is 13.7 Å². The van der Waals surface area contributed by atoms with Crippen LogP contribution in [0.3, 0.4) is 0 Å². The number of imidazole rings is 1. The fraction of sp³-hybridized carbons (Fsp3) is 0.600. The quantitative estimate of drug-likeness (QED) is 0.150. The van der Waals surface area contributed by atoms with Gasteiger partial charge in [0.2, 0.25) is 17.7 Å². The number of nitrogens with one attached hydrogen (secondary N) is 4. The second kappa shape index (κ2) is 19.1. The number of H-pyrrole nitrogens is 1. The molecule has 1 heterocycles. The van der Waals surface area contributed by atoms with E-state index in [-0.39, 0.29) is 43.6 Å². The van der Waals surface area contributed by atoms with Gasteiger partial charge in [0.05, 0.1) is 25.1 Å². The van der Waals surface area contributed by atoms with Crippen molar-refractivity contribution in [3.8, 4) is 0 Å². The number of benzene rings is 1. The molecule has 1 fully saturated rings. The summed E-state index contributed by atoms with van der Waals surface area (Å²) >= 11 is 0. The average Bonchev–Trinajstić information content (AvgIpc) is 3.55. The van der Waals surface area contributed by atoms with Crippen molar-refractivity contribution in [3.05, 3.63) is 66.8 Å². The van der Waals surface area contributed by atoms with E-state index >= 15 is 0 Å². The number of carbonyl (C=O) groups excluding carboxylic acids is 3. The molecule has 3 rings (SSSR count). The summed E-state index contributed by atoms with van der Waals surface area (Å²) in [7, 11) is 1.51. The van der Waals surface area contributed by atoms with Crippen molar-refractivity contribution in [2.45, 2.75) is 102 Å². The average molecular weight is 624 g/mol. The highest BCUT2D eigenvalue weighted by Crippen LogP contribution is 2.30. The summed E-state index contributed by atoms with van der Waals surface area (Å²) < 4.78 is 5.03. The molecule has 10 heteroatoms. The van der Waals surface area contributed by atoms with Gasteiger partial charge in [0.15, 0.2) is 0 Å². The molecule has 1 saturated carbocycles. The van der Waals surface area contributed by atoms with E-state index in [2.05, 4.69) is 46.3 Å². The summed E-state index contributed by atoms with van der Waals surface area (Å²) in [5.74, 6) is -0.358. The third-order valence-electron chi connectivity index (χ3n) is 8.86. The van der Waals surface area contributed by atoms with Gasteiger partial charge in [-0.1, -0.05) is 82.4 Å². The van der Waals surface area contributed by atoms with E-state index < -0.39 is 30.1 Å². The van der Waals surface area contributed by atoms with Gasteiger partial charge in [0.1, 0.15) is 12.1 Å². The number of methoxy groups -OCH3 is 1. The van der Waals surface area contributed by atoms with Crippen LogP contribution in [0, 0.1) is 17.8 Å². The van der Waals surface area contributed by atoms with Gasteiger partial charge >= 0.3 is 0 Å². The van der Waals surface area contributed by atoms with E-state index in [0.29, 0.717) is 30.4 Å². The number of aromatic amines is 1. The predicted molar refractivity (Wildman–Crippen MR) is 175 cm³/mol. The van der Waals surface area contributed by atoms with Crippen LogP contribution in [-0.2, 0) is 32.0 Å². The van der Waals surface area contributed by atoms with E-state index in [1.54, 1.807) is 6.20 Å². The lowest BCUT2D eigenvalue weighted by Crippen LogP contribution is -2.57. The number of hydrogen-bond acceptors (Lipinski definition) is 6.